The Hall–Kier alpha value is -2.08. The summed E-state index contributed by atoms with van der Waals surface area (Å²) in [6.07, 6.45) is 0.342. The van der Waals surface area contributed by atoms with Gasteiger partial charge >= 0.3 is 12.0 Å². The van der Waals surface area contributed by atoms with Crippen LogP contribution >= 0.6 is 0 Å². The van der Waals surface area contributed by atoms with Crippen LogP contribution in [0.5, 0.6) is 0 Å². The summed E-state index contributed by atoms with van der Waals surface area (Å²) in [6.45, 7) is 0.835. The molecule has 6 heteroatoms. The summed E-state index contributed by atoms with van der Waals surface area (Å²) in [4.78, 5) is 22.4. The fraction of sp³-hybridized carbons (Fsp3) is 0.429. The summed E-state index contributed by atoms with van der Waals surface area (Å²) in [6, 6.07) is 8.65. The first-order chi connectivity index (χ1) is 9.63. The lowest BCUT2D eigenvalue weighted by atomic mass is 10.0. The third kappa shape index (κ3) is 6.19. The molecule has 20 heavy (non-hydrogen) atoms. The van der Waals surface area contributed by atoms with Crippen LogP contribution < -0.4 is 10.6 Å². The average Bonchev–Trinajstić information content (AvgIpc) is 2.44. The molecule has 6 nitrogen and oxygen atoms in total. The smallest absolute Gasteiger partial charge is 0.315 e. The highest BCUT2D eigenvalue weighted by atomic mass is 16.5. The number of carboxylic acids is 1. The van der Waals surface area contributed by atoms with Crippen molar-refractivity contribution in [1.82, 2.24) is 10.6 Å². The van der Waals surface area contributed by atoms with E-state index in [1.807, 2.05) is 30.3 Å². The zero-order valence-electron chi connectivity index (χ0n) is 11.5. The predicted molar refractivity (Wildman–Crippen MR) is 74.5 cm³/mol. The normalized spacial score (nSPS) is 11.7. The average molecular weight is 280 g/mol. The quantitative estimate of drug-likeness (QED) is 0.630. The number of urea groups is 1. The van der Waals surface area contributed by atoms with Gasteiger partial charge in [-0.1, -0.05) is 30.3 Å². The molecule has 1 aromatic carbocycles. The van der Waals surface area contributed by atoms with E-state index in [2.05, 4.69) is 10.6 Å². The minimum Gasteiger partial charge on any atom is -0.481 e. The van der Waals surface area contributed by atoms with Gasteiger partial charge in [0.15, 0.2) is 0 Å². The van der Waals surface area contributed by atoms with Gasteiger partial charge in [0.05, 0.1) is 12.6 Å². The number of benzene rings is 1. The maximum Gasteiger partial charge on any atom is 0.315 e. The molecule has 1 aromatic rings. The lowest BCUT2D eigenvalue weighted by molar-refractivity contribution is -0.137. The number of ether oxygens (including phenoxy) is 1. The van der Waals surface area contributed by atoms with Gasteiger partial charge in [-0.05, 0) is 12.0 Å². The monoisotopic (exact) mass is 280 g/mol. The standard InChI is InChI=1S/C14H20N2O4/c1-20-10-9-15-14(19)16-12(7-8-13(17)18)11-5-3-2-4-6-11/h2-6,12H,7-10H2,1H3,(H,17,18)(H2,15,16,19). The fourth-order valence-electron chi connectivity index (χ4n) is 1.75. The van der Waals surface area contributed by atoms with E-state index in [4.69, 9.17) is 9.84 Å². The van der Waals surface area contributed by atoms with E-state index >= 15 is 0 Å². The van der Waals surface area contributed by atoms with Gasteiger partial charge in [0.2, 0.25) is 0 Å². The second-order valence-electron chi connectivity index (χ2n) is 4.29. The zero-order chi connectivity index (χ0) is 14.8. The van der Waals surface area contributed by atoms with Crippen LogP contribution in [0, 0.1) is 0 Å². The molecule has 0 aromatic heterocycles. The van der Waals surface area contributed by atoms with Crippen LogP contribution in [0.4, 0.5) is 4.79 Å². The Morgan fingerprint density at radius 3 is 2.60 bits per heavy atom. The summed E-state index contributed by atoms with van der Waals surface area (Å²) in [5.74, 6) is -0.882. The van der Waals surface area contributed by atoms with E-state index in [-0.39, 0.29) is 18.5 Å². The Morgan fingerprint density at radius 2 is 2.00 bits per heavy atom. The number of aliphatic carboxylic acids is 1. The topological polar surface area (TPSA) is 87.7 Å². The van der Waals surface area contributed by atoms with Crippen LogP contribution in [0.1, 0.15) is 24.4 Å². The predicted octanol–water partition coefficient (Wildman–Crippen LogP) is 1.54. The fourth-order valence-corrected chi connectivity index (χ4v) is 1.75. The number of methoxy groups -OCH3 is 1. The first-order valence-corrected chi connectivity index (χ1v) is 6.43. The molecule has 0 aliphatic rings. The van der Waals surface area contributed by atoms with E-state index in [9.17, 15) is 9.59 Å². The molecule has 1 atom stereocenters. The van der Waals surface area contributed by atoms with Gasteiger partial charge in [0.25, 0.3) is 0 Å². The van der Waals surface area contributed by atoms with E-state index in [0.29, 0.717) is 19.6 Å². The first-order valence-electron chi connectivity index (χ1n) is 6.43. The third-order valence-electron chi connectivity index (χ3n) is 2.75. The van der Waals surface area contributed by atoms with E-state index in [1.54, 1.807) is 7.11 Å². The highest BCUT2D eigenvalue weighted by molar-refractivity contribution is 5.74. The summed E-state index contributed by atoms with van der Waals surface area (Å²) >= 11 is 0. The molecule has 110 valence electrons. The largest absolute Gasteiger partial charge is 0.481 e. The van der Waals surface area contributed by atoms with Crippen molar-refractivity contribution in [3.8, 4) is 0 Å². The molecule has 0 aliphatic carbocycles. The Bertz CT molecular complexity index is 422. The molecular weight excluding hydrogens is 260 g/mol. The molecule has 0 heterocycles. The van der Waals surface area contributed by atoms with E-state index < -0.39 is 5.97 Å². The van der Waals surface area contributed by atoms with E-state index in [0.717, 1.165) is 5.56 Å². The number of nitrogens with one attached hydrogen (secondary N) is 2. The van der Waals surface area contributed by atoms with Crippen LogP contribution in [0.15, 0.2) is 30.3 Å². The number of carbonyl (C=O) groups excluding carboxylic acids is 1. The van der Waals surface area contributed by atoms with Crippen molar-refractivity contribution >= 4 is 12.0 Å². The van der Waals surface area contributed by atoms with Crippen LogP contribution in [-0.4, -0.2) is 37.4 Å². The molecule has 0 radical (unpaired) electrons. The van der Waals surface area contributed by atoms with Crippen molar-refractivity contribution in [1.29, 1.82) is 0 Å². The summed E-state index contributed by atoms with van der Waals surface area (Å²) in [5.41, 5.74) is 0.885. The molecule has 0 saturated carbocycles. The molecular formula is C14H20N2O4. The number of amides is 2. The maximum absolute atomic E-state index is 11.7. The number of hydrogen-bond acceptors (Lipinski definition) is 3. The minimum absolute atomic E-state index is 0.00207. The lowest BCUT2D eigenvalue weighted by Gasteiger charge is -2.19. The SMILES string of the molecule is COCCNC(=O)NC(CCC(=O)O)c1ccccc1. The Balaban J connectivity index is 2.58. The number of rotatable bonds is 8. The van der Waals surface area contributed by atoms with Gasteiger partial charge < -0.3 is 20.5 Å². The second-order valence-corrected chi connectivity index (χ2v) is 4.29. The summed E-state index contributed by atoms with van der Waals surface area (Å²) < 4.78 is 4.84. The Morgan fingerprint density at radius 1 is 1.30 bits per heavy atom. The van der Waals surface area contributed by atoms with Gasteiger partial charge in [-0.2, -0.15) is 0 Å². The van der Waals surface area contributed by atoms with Crippen molar-refractivity contribution in [3.63, 3.8) is 0 Å². The van der Waals surface area contributed by atoms with Crippen LogP contribution in [0.2, 0.25) is 0 Å². The molecule has 0 spiro atoms. The first kappa shape index (κ1) is 16.0. The molecule has 3 N–H and O–H groups in total. The van der Waals surface area contributed by atoms with Crippen LogP contribution in [0.3, 0.4) is 0 Å². The zero-order valence-corrected chi connectivity index (χ0v) is 11.5. The molecule has 0 fully saturated rings. The second kappa shape index (κ2) is 8.92. The van der Waals surface area contributed by atoms with Crippen molar-refractivity contribution in [2.45, 2.75) is 18.9 Å². The highest BCUT2D eigenvalue weighted by Crippen LogP contribution is 2.18. The molecule has 0 bridgehead atoms. The van der Waals surface area contributed by atoms with Gasteiger partial charge in [0.1, 0.15) is 0 Å². The van der Waals surface area contributed by atoms with Crippen LogP contribution in [-0.2, 0) is 9.53 Å². The molecule has 0 saturated heterocycles. The Kier molecular flexibility index (Phi) is 7.13. The highest BCUT2D eigenvalue weighted by Gasteiger charge is 2.15. The summed E-state index contributed by atoms with van der Waals surface area (Å²) in [7, 11) is 1.55. The third-order valence-corrected chi connectivity index (χ3v) is 2.75. The molecule has 2 amide bonds. The number of carbonyl (C=O) groups is 2. The number of hydrogen-bond donors (Lipinski definition) is 3. The lowest BCUT2D eigenvalue weighted by Crippen LogP contribution is -2.39. The van der Waals surface area contributed by atoms with Gasteiger partial charge in [-0.3, -0.25) is 4.79 Å². The van der Waals surface area contributed by atoms with E-state index in [1.165, 1.54) is 0 Å². The van der Waals surface area contributed by atoms with Crippen molar-refractivity contribution < 1.29 is 19.4 Å². The van der Waals surface area contributed by atoms with Crippen molar-refractivity contribution in [2.75, 3.05) is 20.3 Å². The van der Waals surface area contributed by atoms with Crippen LogP contribution in [0.25, 0.3) is 0 Å². The van der Waals surface area contributed by atoms with Crippen molar-refractivity contribution in [3.05, 3.63) is 35.9 Å². The van der Waals surface area contributed by atoms with Gasteiger partial charge in [-0.15, -0.1) is 0 Å². The Labute approximate surface area is 118 Å². The van der Waals surface area contributed by atoms with Gasteiger partial charge in [0, 0.05) is 20.1 Å². The summed E-state index contributed by atoms with van der Waals surface area (Å²) in [5, 5.41) is 14.2. The molecule has 0 aliphatic heterocycles. The number of carboxylic acid groups (broad SMARTS) is 1. The minimum atomic E-state index is -0.882. The molecule has 1 rings (SSSR count). The molecule has 1 unspecified atom stereocenters. The maximum atomic E-state index is 11.7. The van der Waals surface area contributed by atoms with Crippen molar-refractivity contribution in [2.24, 2.45) is 0 Å². The van der Waals surface area contributed by atoms with Gasteiger partial charge in [-0.25, -0.2) is 4.79 Å².